The van der Waals surface area contributed by atoms with Gasteiger partial charge >= 0.3 is 0 Å². The molecule has 3 heterocycles. The van der Waals surface area contributed by atoms with E-state index in [1.54, 1.807) is 0 Å². The van der Waals surface area contributed by atoms with Crippen LogP contribution in [0.2, 0.25) is 0 Å². The second-order valence-corrected chi connectivity index (χ2v) is 4.36. The van der Waals surface area contributed by atoms with Crippen LogP contribution in [0.5, 0.6) is 0 Å². The molecule has 0 spiro atoms. The van der Waals surface area contributed by atoms with Gasteiger partial charge in [0.2, 0.25) is 0 Å². The number of pyridine rings is 1. The molecule has 1 N–H and O–H groups in total. The first kappa shape index (κ1) is 9.78. The van der Waals surface area contributed by atoms with Crippen LogP contribution < -0.4 is 5.32 Å². The lowest BCUT2D eigenvalue weighted by atomic mass is 10.1. The summed E-state index contributed by atoms with van der Waals surface area (Å²) in [5.74, 6) is 1.08. The fourth-order valence-corrected chi connectivity index (χ4v) is 2.54. The van der Waals surface area contributed by atoms with Gasteiger partial charge < -0.3 is 9.88 Å². The van der Waals surface area contributed by atoms with Crippen molar-refractivity contribution >= 4 is 11.2 Å². The van der Waals surface area contributed by atoms with Crippen LogP contribution in [0.1, 0.15) is 24.7 Å². The predicted molar refractivity (Wildman–Crippen MR) is 63.4 cm³/mol. The van der Waals surface area contributed by atoms with Crippen LogP contribution in [0.4, 0.5) is 0 Å². The maximum Gasteiger partial charge on any atom is 0.160 e. The van der Waals surface area contributed by atoms with Crippen LogP contribution in [0.3, 0.4) is 0 Å². The average molecular weight is 216 g/mol. The molecule has 0 unspecified atom stereocenters. The molecule has 0 radical (unpaired) electrons. The molecule has 2 aromatic heterocycles. The molecule has 0 aromatic carbocycles. The topological polar surface area (TPSA) is 42.7 Å². The molecule has 0 aliphatic carbocycles. The third-order valence-electron chi connectivity index (χ3n) is 3.30. The molecule has 1 fully saturated rings. The minimum absolute atomic E-state index is 0.557. The van der Waals surface area contributed by atoms with E-state index in [9.17, 15) is 0 Å². The maximum absolute atomic E-state index is 4.57. The first-order valence-electron chi connectivity index (χ1n) is 5.86. The highest BCUT2D eigenvalue weighted by Crippen LogP contribution is 2.24. The average Bonchev–Trinajstić information content (AvgIpc) is 2.66. The van der Waals surface area contributed by atoms with Crippen LogP contribution in [-0.4, -0.2) is 27.6 Å². The van der Waals surface area contributed by atoms with Gasteiger partial charge in [-0.1, -0.05) is 0 Å². The van der Waals surface area contributed by atoms with E-state index in [2.05, 4.69) is 26.8 Å². The van der Waals surface area contributed by atoms with Gasteiger partial charge in [0.1, 0.15) is 11.3 Å². The molecule has 16 heavy (non-hydrogen) atoms. The van der Waals surface area contributed by atoms with Crippen molar-refractivity contribution in [3.63, 3.8) is 0 Å². The molecule has 1 aliphatic rings. The number of nitrogens with one attached hydrogen (secondary N) is 1. The Balaban J connectivity index is 2.10. The summed E-state index contributed by atoms with van der Waals surface area (Å²) in [6, 6.07) is 4.54. The van der Waals surface area contributed by atoms with Gasteiger partial charge in [0.15, 0.2) is 5.65 Å². The Bertz CT molecular complexity index is 497. The van der Waals surface area contributed by atoms with E-state index in [4.69, 9.17) is 0 Å². The van der Waals surface area contributed by atoms with Crippen LogP contribution in [0.15, 0.2) is 18.3 Å². The van der Waals surface area contributed by atoms with Gasteiger partial charge in [-0.05, 0) is 45.0 Å². The zero-order valence-corrected chi connectivity index (χ0v) is 9.48. The van der Waals surface area contributed by atoms with Gasteiger partial charge in [0.25, 0.3) is 0 Å². The highest BCUT2D eigenvalue weighted by molar-refractivity contribution is 5.71. The summed E-state index contributed by atoms with van der Waals surface area (Å²) in [5, 5.41) is 3.39. The van der Waals surface area contributed by atoms with E-state index < -0.39 is 0 Å². The smallest absolute Gasteiger partial charge is 0.160 e. The van der Waals surface area contributed by atoms with Gasteiger partial charge in [-0.15, -0.1) is 0 Å². The Hall–Kier alpha value is -1.42. The number of nitrogens with zero attached hydrogens (tertiary/aromatic N) is 3. The number of imidazole rings is 1. The molecule has 0 amide bonds. The van der Waals surface area contributed by atoms with Crippen LogP contribution in [-0.2, 0) is 0 Å². The lowest BCUT2D eigenvalue weighted by Crippen LogP contribution is -2.29. The van der Waals surface area contributed by atoms with E-state index >= 15 is 0 Å². The van der Waals surface area contributed by atoms with Crippen molar-refractivity contribution in [2.24, 2.45) is 0 Å². The highest BCUT2D eigenvalue weighted by atomic mass is 15.2. The first-order valence-corrected chi connectivity index (χ1v) is 5.86. The van der Waals surface area contributed by atoms with Crippen molar-refractivity contribution < 1.29 is 0 Å². The molecule has 0 bridgehead atoms. The number of aryl methyl sites for hydroxylation is 1. The van der Waals surface area contributed by atoms with Crippen LogP contribution in [0, 0.1) is 6.92 Å². The summed E-state index contributed by atoms with van der Waals surface area (Å²) in [5.41, 5.74) is 2.05. The third-order valence-corrected chi connectivity index (χ3v) is 3.30. The number of rotatable bonds is 1. The largest absolute Gasteiger partial charge is 0.317 e. The van der Waals surface area contributed by atoms with E-state index in [1.807, 2.05) is 18.3 Å². The van der Waals surface area contributed by atoms with Crippen molar-refractivity contribution in [3.05, 3.63) is 24.2 Å². The number of fused-ring (bicyclic) bond motifs is 1. The van der Waals surface area contributed by atoms with Crippen molar-refractivity contribution in [1.82, 2.24) is 19.9 Å². The van der Waals surface area contributed by atoms with Gasteiger partial charge in [-0.3, -0.25) is 0 Å². The molecular weight excluding hydrogens is 200 g/mol. The standard InChI is InChI=1S/C12H16N4/c1-9-15-11-3-2-6-14-12(11)16(9)10-4-7-13-8-5-10/h2-3,6,10,13H,4-5,7-8H2,1H3. The monoisotopic (exact) mass is 216 g/mol. The molecule has 1 aliphatic heterocycles. The zero-order chi connectivity index (χ0) is 11.0. The summed E-state index contributed by atoms with van der Waals surface area (Å²) in [7, 11) is 0. The molecule has 4 nitrogen and oxygen atoms in total. The molecule has 0 saturated carbocycles. The fraction of sp³-hybridized carbons (Fsp3) is 0.500. The van der Waals surface area contributed by atoms with Gasteiger partial charge in [-0.25, -0.2) is 9.97 Å². The second kappa shape index (κ2) is 3.87. The number of piperidine rings is 1. The molecular formula is C12H16N4. The molecule has 0 atom stereocenters. The molecule has 2 aromatic rings. The number of hydrogen-bond acceptors (Lipinski definition) is 3. The molecule has 3 rings (SSSR count). The van der Waals surface area contributed by atoms with Gasteiger partial charge in [0, 0.05) is 12.2 Å². The SMILES string of the molecule is Cc1nc2cccnc2n1C1CCNCC1. The summed E-state index contributed by atoms with van der Waals surface area (Å²) >= 11 is 0. The minimum Gasteiger partial charge on any atom is -0.317 e. The number of aromatic nitrogens is 3. The quantitative estimate of drug-likeness (QED) is 0.788. The number of hydrogen-bond donors (Lipinski definition) is 1. The third kappa shape index (κ3) is 1.50. The van der Waals surface area contributed by atoms with Crippen molar-refractivity contribution in [2.45, 2.75) is 25.8 Å². The van der Waals surface area contributed by atoms with Crippen LogP contribution in [0.25, 0.3) is 11.2 Å². The Morgan fingerprint density at radius 2 is 2.19 bits per heavy atom. The molecule has 84 valence electrons. The Kier molecular flexibility index (Phi) is 2.36. The van der Waals surface area contributed by atoms with E-state index in [0.717, 1.165) is 30.1 Å². The Morgan fingerprint density at radius 1 is 1.38 bits per heavy atom. The Labute approximate surface area is 94.7 Å². The lowest BCUT2D eigenvalue weighted by Gasteiger charge is -2.25. The summed E-state index contributed by atoms with van der Waals surface area (Å²) in [4.78, 5) is 9.03. The summed E-state index contributed by atoms with van der Waals surface area (Å²) in [6.07, 6.45) is 4.19. The van der Waals surface area contributed by atoms with E-state index in [-0.39, 0.29) is 0 Å². The fourth-order valence-electron chi connectivity index (χ4n) is 2.54. The van der Waals surface area contributed by atoms with E-state index in [1.165, 1.54) is 12.8 Å². The molecule has 1 saturated heterocycles. The normalized spacial score (nSPS) is 18.1. The minimum atomic E-state index is 0.557. The Morgan fingerprint density at radius 3 is 3.00 bits per heavy atom. The second-order valence-electron chi connectivity index (χ2n) is 4.36. The van der Waals surface area contributed by atoms with Crippen molar-refractivity contribution in [3.8, 4) is 0 Å². The van der Waals surface area contributed by atoms with Crippen molar-refractivity contribution in [1.29, 1.82) is 0 Å². The van der Waals surface area contributed by atoms with Crippen molar-refractivity contribution in [2.75, 3.05) is 13.1 Å². The van der Waals surface area contributed by atoms with E-state index in [0.29, 0.717) is 6.04 Å². The highest BCUT2D eigenvalue weighted by Gasteiger charge is 2.19. The van der Waals surface area contributed by atoms with Gasteiger partial charge in [0.05, 0.1) is 0 Å². The zero-order valence-electron chi connectivity index (χ0n) is 9.48. The van der Waals surface area contributed by atoms with Gasteiger partial charge in [-0.2, -0.15) is 0 Å². The first-order chi connectivity index (χ1) is 7.86. The summed E-state index contributed by atoms with van der Waals surface area (Å²) in [6.45, 7) is 4.26. The maximum atomic E-state index is 4.57. The molecule has 4 heteroatoms. The lowest BCUT2D eigenvalue weighted by molar-refractivity contribution is 0.368. The predicted octanol–water partition coefficient (Wildman–Crippen LogP) is 1.66. The van der Waals surface area contributed by atoms with Crippen LogP contribution >= 0.6 is 0 Å². The summed E-state index contributed by atoms with van der Waals surface area (Å²) < 4.78 is 2.30.